The third-order valence-corrected chi connectivity index (χ3v) is 2.31. The number of thiocarbonyl (C=S) groups is 1. The number of aromatic nitrogens is 1. The second kappa shape index (κ2) is 5.66. The minimum atomic E-state index is 0.384. The lowest BCUT2D eigenvalue weighted by Crippen LogP contribution is -2.15. The first-order valence-electron chi connectivity index (χ1n) is 5.10. The molecule has 0 fully saturated rings. The Morgan fingerprint density at radius 2 is 2.33 bits per heavy atom. The van der Waals surface area contributed by atoms with Gasteiger partial charge in [0.25, 0.3) is 0 Å². The first-order valence-corrected chi connectivity index (χ1v) is 5.50. The molecule has 0 saturated carbocycles. The Morgan fingerprint density at radius 3 is 2.93 bits per heavy atom. The molecular weight excluding hydrogens is 206 g/mol. The van der Waals surface area contributed by atoms with Crippen molar-refractivity contribution in [3.05, 3.63) is 23.9 Å². The van der Waals surface area contributed by atoms with Crippen LogP contribution in [0.5, 0.6) is 0 Å². The van der Waals surface area contributed by atoms with Crippen molar-refractivity contribution < 1.29 is 0 Å². The molecular formula is C11H17N3S. The average Bonchev–Trinajstić information content (AvgIpc) is 2.17. The van der Waals surface area contributed by atoms with Gasteiger partial charge in [-0.1, -0.05) is 26.1 Å². The van der Waals surface area contributed by atoms with E-state index >= 15 is 0 Å². The summed E-state index contributed by atoms with van der Waals surface area (Å²) in [7, 11) is 0. The summed E-state index contributed by atoms with van der Waals surface area (Å²) in [5, 5.41) is 3.25. The van der Waals surface area contributed by atoms with Crippen LogP contribution in [-0.4, -0.2) is 16.5 Å². The Labute approximate surface area is 96.1 Å². The van der Waals surface area contributed by atoms with Crippen LogP contribution in [-0.2, 0) is 0 Å². The summed E-state index contributed by atoms with van der Waals surface area (Å²) >= 11 is 4.95. The highest BCUT2D eigenvalue weighted by molar-refractivity contribution is 7.80. The SMILES string of the molecule is CC(C)CCNc1ncccc1C(N)=S. The zero-order chi connectivity index (χ0) is 11.3. The van der Waals surface area contributed by atoms with Gasteiger partial charge < -0.3 is 11.1 Å². The highest BCUT2D eigenvalue weighted by Crippen LogP contribution is 2.11. The lowest BCUT2D eigenvalue weighted by atomic mass is 10.1. The molecule has 82 valence electrons. The maximum absolute atomic E-state index is 5.60. The third-order valence-electron chi connectivity index (χ3n) is 2.09. The maximum Gasteiger partial charge on any atom is 0.136 e. The van der Waals surface area contributed by atoms with Crippen molar-refractivity contribution in [3.8, 4) is 0 Å². The molecule has 1 rings (SSSR count). The topological polar surface area (TPSA) is 50.9 Å². The van der Waals surface area contributed by atoms with Crippen molar-refractivity contribution in [3.63, 3.8) is 0 Å². The average molecular weight is 223 g/mol. The van der Waals surface area contributed by atoms with Crippen LogP contribution in [0.1, 0.15) is 25.8 Å². The number of nitrogens with two attached hydrogens (primary N) is 1. The summed E-state index contributed by atoms with van der Waals surface area (Å²) in [6.45, 7) is 5.27. The van der Waals surface area contributed by atoms with Gasteiger partial charge in [0.2, 0.25) is 0 Å². The molecule has 0 amide bonds. The van der Waals surface area contributed by atoms with Crippen LogP contribution in [0.3, 0.4) is 0 Å². The van der Waals surface area contributed by atoms with Gasteiger partial charge >= 0.3 is 0 Å². The van der Waals surface area contributed by atoms with Crippen molar-refractivity contribution in [2.45, 2.75) is 20.3 Å². The lowest BCUT2D eigenvalue weighted by molar-refractivity contribution is 0.606. The second-order valence-electron chi connectivity index (χ2n) is 3.87. The van der Waals surface area contributed by atoms with Gasteiger partial charge in [-0.25, -0.2) is 4.98 Å². The molecule has 0 aliphatic rings. The Hall–Kier alpha value is -1.16. The van der Waals surface area contributed by atoms with Crippen molar-refractivity contribution in [2.75, 3.05) is 11.9 Å². The van der Waals surface area contributed by atoms with Gasteiger partial charge in [0, 0.05) is 12.7 Å². The molecule has 1 aromatic heterocycles. The van der Waals surface area contributed by atoms with E-state index in [4.69, 9.17) is 18.0 Å². The van der Waals surface area contributed by atoms with Crippen LogP contribution < -0.4 is 11.1 Å². The van der Waals surface area contributed by atoms with Crippen LogP contribution in [0.2, 0.25) is 0 Å². The van der Waals surface area contributed by atoms with Gasteiger partial charge in [-0.15, -0.1) is 0 Å². The van der Waals surface area contributed by atoms with Gasteiger partial charge in [0.15, 0.2) is 0 Å². The van der Waals surface area contributed by atoms with E-state index in [0.29, 0.717) is 10.9 Å². The predicted molar refractivity (Wildman–Crippen MR) is 68.1 cm³/mol. The first kappa shape index (κ1) is 11.9. The second-order valence-corrected chi connectivity index (χ2v) is 4.31. The lowest BCUT2D eigenvalue weighted by Gasteiger charge is -2.10. The van der Waals surface area contributed by atoms with E-state index in [1.807, 2.05) is 12.1 Å². The minimum absolute atomic E-state index is 0.384. The minimum Gasteiger partial charge on any atom is -0.389 e. The van der Waals surface area contributed by atoms with E-state index in [-0.39, 0.29) is 0 Å². The molecule has 1 aromatic rings. The number of nitrogens with one attached hydrogen (secondary N) is 1. The van der Waals surface area contributed by atoms with E-state index in [1.54, 1.807) is 6.20 Å². The molecule has 4 heteroatoms. The van der Waals surface area contributed by atoms with Crippen LogP contribution in [0.25, 0.3) is 0 Å². The molecule has 0 aliphatic heterocycles. The molecule has 0 spiro atoms. The number of anilines is 1. The highest BCUT2D eigenvalue weighted by atomic mass is 32.1. The van der Waals surface area contributed by atoms with Crippen LogP contribution in [0.4, 0.5) is 5.82 Å². The Kier molecular flexibility index (Phi) is 4.49. The number of pyridine rings is 1. The smallest absolute Gasteiger partial charge is 0.136 e. The van der Waals surface area contributed by atoms with Crippen molar-refractivity contribution in [1.82, 2.24) is 4.98 Å². The molecule has 0 atom stereocenters. The van der Waals surface area contributed by atoms with E-state index in [9.17, 15) is 0 Å². The fourth-order valence-corrected chi connectivity index (χ4v) is 1.39. The predicted octanol–water partition coefficient (Wildman–Crippen LogP) is 2.17. The molecule has 0 aromatic carbocycles. The fraction of sp³-hybridized carbons (Fsp3) is 0.455. The van der Waals surface area contributed by atoms with E-state index < -0.39 is 0 Å². The summed E-state index contributed by atoms with van der Waals surface area (Å²) in [5.74, 6) is 1.46. The molecule has 0 bridgehead atoms. The molecule has 3 N–H and O–H groups in total. The van der Waals surface area contributed by atoms with Gasteiger partial charge in [0.05, 0.1) is 5.56 Å². The van der Waals surface area contributed by atoms with E-state index in [1.165, 1.54) is 0 Å². The Bertz CT molecular complexity index is 336. The van der Waals surface area contributed by atoms with Crippen LogP contribution in [0, 0.1) is 5.92 Å². The summed E-state index contributed by atoms with van der Waals surface area (Å²) < 4.78 is 0. The summed E-state index contributed by atoms with van der Waals surface area (Å²) in [6, 6.07) is 3.72. The standard InChI is InChI=1S/C11H17N3S/c1-8(2)5-7-14-11-9(10(12)15)4-3-6-13-11/h3-4,6,8H,5,7H2,1-2H3,(H2,12,15)(H,13,14). The first-order chi connectivity index (χ1) is 7.11. The van der Waals surface area contributed by atoms with Gasteiger partial charge in [-0.3, -0.25) is 0 Å². The normalized spacial score (nSPS) is 10.3. The Balaban J connectivity index is 2.63. The molecule has 0 unspecified atom stereocenters. The molecule has 1 heterocycles. The quantitative estimate of drug-likeness (QED) is 0.751. The van der Waals surface area contributed by atoms with Crippen molar-refractivity contribution in [2.24, 2.45) is 11.7 Å². The maximum atomic E-state index is 5.60. The van der Waals surface area contributed by atoms with E-state index in [0.717, 1.165) is 24.3 Å². The van der Waals surface area contributed by atoms with Gasteiger partial charge in [0.1, 0.15) is 10.8 Å². The number of nitrogens with zero attached hydrogens (tertiary/aromatic N) is 1. The molecule has 0 aliphatic carbocycles. The number of hydrogen-bond donors (Lipinski definition) is 2. The van der Waals surface area contributed by atoms with Gasteiger partial charge in [-0.05, 0) is 24.5 Å². The number of rotatable bonds is 5. The van der Waals surface area contributed by atoms with E-state index in [2.05, 4.69) is 24.1 Å². The van der Waals surface area contributed by atoms with Crippen molar-refractivity contribution in [1.29, 1.82) is 0 Å². The fourth-order valence-electron chi connectivity index (χ4n) is 1.22. The molecule has 0 radical (unpaired) electrons. The summed E-state index contributed by atoms with van der Waals surface area (Å²) in [5.41, 5.74) is 6.41. The molecule has 0 saturated heterocycles. The zero-order valence-electron chi connectivity index (χ0n) is 9.16. The molecule has 3 nitrogen and oxygen atoms in total. The third kappa shape index (κ3) is 3.83. The largest absolute Gasteiger partial charge is 0.389 e. The monoisotopic (exact) mass is 223 g/mol. The van der Waals surface area contributed by atoms with Crippen LogP contribution >= 0.6 is 12.2 Å². The van der Waals surface area contributed by atoms with Crippen molar-refractivity contribution >= 4 is 23.0 Å². The highest BCUT2D eigenvalue weighted by Gasteiger charge is 2.04. The zero-order valence-corrected chi connectivity index (χ0v) is 9.97. The molecule has 15 heavy (non-hydrogen) atoms. The number of hydrogen-bond acceptors (Lipinski definition) is 3. The van der Waals surface area contributed by atoms with Crippen LogP contribution in [0.15, 0.2) is 18.3 Å². The summed E-state index contributed by atoms with van der Waals surface area (Å²) in [4.78, 5) is 4.60. The summed E-state index contributed by atoms with van der Waals surface area (Å²) in [6.07, 6.45) is 2.84. The van der Waals surface area contributed by atoms with Gasteiger partial charge in [-0.2, -0.15) is 0 Å². The Morgan fingerprint density at radius 1 is 1.60 bits per heavy atom.